The molecule has 96 valence electrons. The van der Waals surface area contributed by atoms with E-state index in [0.717, 1.165) is 25.2 Å². The zero-order valence-electron chi connectivity index (χ0n) is 11.0. The van der Waals surface area contributed by atoms with Gasteiger partial charge in [-0.3, -0.25) is 4.90 Å². The fourth-order valence-corrected chi connectivity index (χ4v) is 2.94. The van der Waals surface area contributed by atoms with Crippen LogP contribution < -0.4 is 0 Å². The maximum Gasteiger partial charge on any atom is 0.140 e. The monoisotopic (exact) mass is 246 g/mol. The molecule has 0 radical (unpaired) electrons. The molecule has 0 spiro atoms. The molecule has 1 aromatic carbocycles. The number of benzene rings is 1. The normalized spacial score (nSPS) is 24.8. The van der Waals surface area contributed by atoms with Gasteiger partial charge in [0.05, 0.1) is 5.56 Å². The van der Waals surface area contributed by atoms with Crippen molar-refractivity contribution in [2.24, 2.45) is 11.8 Å². The highest BCUT2D eigenvalue weighted by molar-refractivity contribution is 5.34. The van der Waals surface area contributed by atoms with Crippen LogP contribution in [0.3, 0.4) is 0 Å². The molecule has 2 atom stereocenters. The van der Waals surface area contributed by atoms with Crippen molar-refractivity contribution >= 4 is 0 Å². The molecular formula is C15H19FN2. The number of piperidine rings is 1. The van der Waals surface area contributed by atoms with E-state index in [9.17, 15) is 4.39 Å². The lowest BCUT2D eigenvalue weighted by molar-refractivity contribution is 0.134. The molecule has 1 saturated heterocycles. The Labute approximate surface area is 108 Å². The standard InChI is InChI=1S/C15H19FN2/c1-11-5-12(2)9-18(8-11)10-13-3-4-15(16)14(6-13)7-17/h3-4,6,11-12H,5,8-10H2,1-2H3. The highest BCUT2D eigenvalue weighted by Gasteiger charge is 2.21. The predicted octanol–water partition coefficient (Wildman–Crippen LogP) is 3.18. The summed E-state index contributed by atoms with van der Waals surface area (Å²) in [5.74, 6) is 0.996. The van der Waals surface area contributed by atoms with Crippen molar-refractivity contribution in [3.8, 4) is 6.07 Å². The second kappa shape index (κ2) is 5.49. The van der Waals surface area contributed by atoms with E-state index in [-0.39, 0.29) is 5.56 Å². The lowest BCUT2D eigenvalue weighted by atomic mass is 9.91. The second-order valence-electron chi connectivity index (χ2n) is 5.57. The molecule has 1 heterocycles. The number of nitrogens with zero attached hydrogens (tertiary/aromatic N) is 2. The molecule has 2 nitrogen and oxygen atoms in total. The number of nitriles is 1. The molecule has 2 rings (SSSR count). The minimum absolute atomic E-state index is 0.144. The van der Waals surface area contributed by atoms with Gasteiger partial charge in [-0.1, -0.05) is 19.9 Å². The van der Waals surface area contributed by atoms with Crippen molar-refractivity contribution in [1.29, 1.82) is 5.26 Å². The number of halogens is 1. The first kappa shape index (κ1) is 13.0. The van der Waals surface area contributed by atoms with Crippen molar-refractivity contribution in [3.63, 3.8) is 0 Å². The maximum atomic E-state index is 13.2. The van der Waals surface area contributed by atoms with Gasteiger partial charge in [0.1, 0.15) is 11.9 Å². The van der Waals surface area contributed by atoms with Crippen molar-refractivity contribution in [3.05, 3.63) is 35.1 Å². The van der Waals surface area contributed by atoms with E-state index in [1.54, 1.807) is 12.1 Å². The van der Waals surface area contributed by atoms with Gasteiger partial charge in [0.25, 0.3) is 0 Å². The fourth-order valence-electron chi connectivity index (χ4n) is 2.94. The Hall–Kier alpha value is -1.40. The van der Waals surface area contributed by atoms with Crippen LogP contribution in [-0.4, -0.2) is 18.0 Å². The van der Waals surface area contributed by atoms with E-state index in [2.05, 4.69) is 18.7 Å². The van der Waals surface area contributed by atoms with Crippen LogP contribution in [0, 0.1) is 29.0 Å². The Morgan fingerprint density at radius 2 is 2.00 bits per heavy atom. The van der Waals surface area contributed by atoms with E-state index in [1.165, 1.54) is 12.5 Å². The molecule has 0 saturated carbocycles. The third-order valence-electron chi connectivity index (χ3n) is 3.50. The Kier molecular flexibility index (Phi) is 3.98. The van der Waals surface area contributed by atoms with Crippen molar-refractivity contribution in [2.45, 2.75) is 26.8 Å². The molecule has 3 heteroatoms. The summed E-state index contributed by atoms with van der Waals surface area (Å²) in [5, 5.41) is 8.83. The summed E-state index contributed by atoms with van der Waals surface area (Å²) < 4.78 is 13.2. The van der Waals surface area contributed by atoms with Gasteiger partial charge >= 0.3 is 0 Å². The molecule has 2 unspecified atom stereocenters. The van der Waals surface area contributed by atoms with Crippen molar-refractivity contribution < 1.29 is 4.39 Å². The summed E-state index contributed by atoms with van der Waals surface area (Å²) in [7, 11) is 0. The predicted molar refractivity (Wildman–Crippen MR) is 69.3 cm³/mol. The van der Waals surface area contributed by atoms with Gasteiger partial charge in [0.2, 0.25) is 0 Å². The quantitative estimate of drug-likeness (QED) is 0.801. The minimum Gasteiger partial charge on any atom is -0.299 e. The summed E-state index contributed by atoms with van der Waals surface area (Å²) in [6.07, 6.45) is 1.28. The zero-order chi connectivity index (χ0) is 13.1. The Morgan fingerprint density at radius 1 is 1.33 bits per heavy atom. The summed E-state index contributed by atoms with van der Waals surface area (Å²) in [4.78, 5) is 2.40. The molecule has 0 aromatic heterocycles. The van der Waals surface area contributed by atoms with E-state index in [4.69, 9.17) is 5.26 Å². The Morgan fingerprint density at radius 3 is 2.61 bits per heavy atom. The van der Waals surface area contributed by atoms with Crippen LogP contribution in [0.25, 0.3) is 0 Å². The smallest absolute Gasteiger partial charge is 0.140 e. The number of hydrogen-bond acceptors (Lipinski definition) is 2. The van der Waals surface area contributed by atoms with Crippen LogP contribution in [-0.2, 0) is 6.54 Å². The van der Waals surface area contributed by atoms with Crippen molar-refractivity contribution in [1.82, 2.24) is 4.90 Å². The van der Waals surface area contributed by atoms with Crippen LogP contribution in [0.4, 0.5) is 4.39 Å². The Balaban J connectivity index is 2.07. The zero-order valence-corrected chi connectivity index (χ0v) is 11.0. The number of hydrogen-bond donors (Lipinski definition) is 0. The van der Waals surface area contributed by atoms with E-state index in [0.29, 0.717) is 11.8 Å². The van der Waals surface area contributed by atoms with Crippen LogP contribution >= 0.6 is 0 Å². The summed E-state index contributed by atoms with van der Waals surface area (Å²) in [5.41, 5.74) is 1.17. The summed E-state index contributed by atoms with van der Waals surface area (Å²) in [6, 6.07) is 6.73. The molecule has 1 aromatic rings. The molecule has 1 fully saturated rings. The highest BCUT2D eigenvalue weighted by Crippen LogP contribution is 2.22. The fraction of sp³-hybridized carbons (Fsp3) is 0.533. The third-order valence-corrected chi connectivity index (χ3v) is 3.50. The molecule has 18 heavy (non-hydrogen) atoms. The number of likely N-dealkylation sites (tertiary alicyclic amines) is 1. The van der Waals surface area contributed by atoms with Crippen LogP contribution in [0.1, 0.15) is 31.4 Å². The molecule has 0 aliphatic carbocycles. The average Bonchev–Trinajstić information content (AvgIpc) is 2.30. The van der Waals surface area contributed by atoms with Crippen molar-refractivity contribution in [2.75, 3.05) is 13.1 Å². The van der Waals surface area contributed by atoms with Gasteiger partial charge in [0.15, 0.2) is 0 Å². The summed E-state index contributed by atoms with van der Waals surface area (Å²) >= 11 is 0. The highest BCUT2D eigenvalue weighted by atomic mass is 19.1. The van der Waals surface area contributed by atoms with E-state index in [1.807, 2.05) is 6.07 Å². The first-order valence-electron chi connectivity index (χ1n) is 6.49. The lowest BCUT2D eigenvalue weighted by Gasteiger charge is -2.35. The topological polar surface area (TPSA) is 27.0 Å². The van der Waals surface area contributed by atoms with Gasteiger partial charge in [-0.15, -0.1) is 0 Å². The molecule has 0 amide bonds. The molecule has 0 bridgehead atoms. The maximum absolute atomic E-state index is 13.2. The average molecular weight is 246 g/mol. The van der Waals surface area contributed by atoms with E-state index < -0.39 is 5.82 Å². The largest absolute Gasteiger partial charge is 0.299 e. The minimum atomic E-state index is -0.429. The van der Waals surface area contributed by atoms with Gasteiger partial charge < -0.3 is 0 Å². The number of rotatable bonds is 2. The first-order chi connectivity index (χ1) is 8.58. The lowest BCUT2D eigenvalue weighted by Crippen LogP contribution is -2.38. The van der Waals surface area contributed by atoms with Gasteiger partial charge in [-0.05, 0) is 36.0 Å². The first-order valence-corrected chi connectivity index (χ1v) is 6.49. The third kappa shape index (κ3) is 3.08. The molecule has 1 aliphatic heterocycles. The van der Waals surface area contributed by atoms with E-state index >= 15 is 0 Å². The van der Waals surface area contributed by atoms with Gasteiger partial charge in [-0.25, -0.2) is 4.39 Å². The van der Waals surface area contributed by atoms with Crippen LogP contribution in [0.2, 0.25) is 0 Å². The van der Waals surface area contributed by atoms with Gasteiger partial charge in [-0.2, -0.15) is 5.26 Å². The molecule has 0 N–H and O–H groups in total. The molecular weight excluding hydrogens is 227 g/mol. The SMILES string of the molecule is CC1CC(C)CN(Cc2ccc(F)c(C#N)c2)C1. The molecule has 1 aliphatic rings. The summed E-state index contributed by atoms with van der Waals surface area (Å²) in [6.45, 7) is 7.53. The van der Waals surface area contributed by atoms with Crippen LogP contribution in [0.15, 0.2) is 18.2 Å². The second-order valence-corrected chi connectivity index (χ2v) is 5.57. The Bertz CT molecular complexity index is 454. The van der Waals surface area contributed by atoms with Crippen LogP contribution in [0.5, 0.6) is 0 Å². The van der Waals surface area contributed by atoms with Gasteiger partial charge in [0, 0.05) is 19.6 Å².